The molecule has 55 nitrogen and oxygen atoms in total. The van der Waals surface area contributed by atoms with Gasteiger partial charge < -0.3 is 166 Å². The molecule has 6 saturated heterocycles. The summed E-state index contributed by atoms with van der Waals surface area (Å²) in [6.45, 7) is -3.14. The Labute approximate surface area is 838 Å². The number of aliphatic carboxylic acids is 3. The molecule has 30 atom stereocenters. The van der Waals surface area contributed by atoms with Crippen molar-refractivity contribution in [3.05, 3.63) is 0 Å². The first-order chi connectivity index (χ1) is 47.6. The van der Waals surface area contributed by atoms with Crippen LogP contribution in [-0.2, 0) is 173 Å². The van der Waals surface area contributed by atoms with Crippen LogP contribution in [0.4, 0.5) is 0 Å². The maximum atomic E-state index is 13.2. The topological polar surface area (TPSA) is 859 Å². The van der Waals surface area contributed by atoms with Gasteiger partial charge in [0, 0.05) is 27.9 Å². The number of amides is 3. The number of rotatable bonds is 32. The van der Waals surface area contributed by atoms with Crippen molar-refractivity contribution in [2.45, 2.75) is 205 Å². The van der Waals surface area contributed by atoms with Crippen LogP contribution in [0.25, 0.3) is 0 Å². The van der Waals surface area contributed by atoms with Gasteiger partial charge in [-0.1, -0.05) is 0 Å². The van der Waals surface area contributed by atoms with Crippen LogP contribution in [0.1, 0.15) is 20.8 Å². The van der Waals surface area contributed by atoms with E-state index in [4.69, 9.17) is 56.8 Å². The molecule has 0 aliphatic carbocycles. The largest absolute Gasteiger partial charge is 1.00 e. The van der Waals surface area contributed by atoms with Crippen LogP contribution < -0.4 is 297 Å². The van der Waals surface area contributed by atoms with Crippen molar-refractivity contribution in [3.8, 4) is 0 Å². The molecule has 6 aliphatic heterocycles. The van der Waals surface area contributed by atoms with E-state index in [1.807, 2.05) is 10.6 Å². The molecule has 0 spiro atoms. The Morgan fingerprint density at radius 3 is 0.770 bits per heavy atom. The molecule has 70 heteroatoms. The summed E-state index contributed by atoms with van der Waals surface area (Å²) in [5.74, 6) is -11.8. The van der Waals surface area contributed by atoms with E-state index in [2.05, 4.69) is 30.4 Å². The van der Waals surface area contributed by atoms with Gasteiger partial charge >= 0.3 is 266 Å². The fourth-order valence-electron chi connectivity index (χ4n) is 10.9. The fourth-order valence-corrected chi connectivity index (χ4v) is 13.2. The van der Waals surface area contributed by atoms with E-state index >= 15 is 0 Å². The zero-order valence-electron chi connectivity index (χ0n) is 60.9. The number of hydrogen-bond donors (Lipinski definition) is 10. The smallest absolute Gasteiger partial charge is 0.726 e. The van der Waals surface area contributed by atoms with E-state index in [0.717, 1.165) is 14.0 Å². The van der Waals surface area contributed by atoms with Gasteiger partial charge in [-0.15, -0.1) is 0 Å². The molecule has 6 heterocycles. The third-order valence-corrected chi connectivity index (χ3v) is 17.6. The maximum Gasteiger partial charge on any atom is 1.00 e. The molecule has 6 fully saturated rings. The number of nitrogens with one attached hydrogen (secondary N) is 3. The van der Waals surface area contributed by atoms with Gasteiger partial charge in [0.1, 0.15) is 128 Å². The molecule has 0 aromatic carbocycles. The molecule has 0 bridgehead atoms. The summed E-state index contributed by atoms with van der Waals surface area (Å²) in [6, 6.07) is -7.31. The number of carboxylic acids is 3. The Morgan fingerprint density at radius 2 is 0.540 bits per heavy atom. The zero-order chi connectivity index (χ0) is 78.8. The van der Waals surface area contributed by atoms with Gasteiger partial charge in [-0.05, 0) is 0 Å². The standard InChI is InChI=1S/C43H67N3O52S6.9Na/c1-8(47)44-14-24(17(50)11(85-38(14)81-4)5-82-99(63,64)65)88-42-31(97-103(75,76)77)22(55)27(33(94-42)36(59)60)92-40-16(46-10(3)49)26(19(52)13(87-40)7-84-101(69,70)71)90-43-32(98-104(78,79)80)23(56)28(34(95-43)37(61)62)91-39-15(45-9(2)48)25(18(51)12(86-39)6-83-100(66,67)68)89-41-30(96-102(72,73)74)21(54)20(53)29(93-41)35(57)58;;;;;;;;;/h11-34,38-43,50-56H,5-7H2,1-4H3,(H,44,47)(H,45,48)(H,46,49)(H,57,58)(H,59,60)(H,61,62)(H,63,64,65)(H,66,67,68)(H,69,70,71)(H,72,73,74)(H,75,76,77)(H,78,79,80);;;;;;;;;/q;9*+1/p-9/t11-,12-,13-,14-,15-,16-,17+,18+,19+,20+,21+,22+,23+,24-,25-,26-,27+,28+,29+,30-,31-,32-,33+,34+,38-,39+,40+,41-,42-,43-;;;;;;;;;/m1........./s1. The summed E-state index contributed by atoms with van der Waals surface area (Å²) >= 11 is 0. The number of methoxy groups -OCH3 is 1. The third-order valence-electron chi connectivity index (χ3n) is 14.9. The predicted molar refractivity (Wildman–Crippen MR) is 284 cm³/mol. The average Bonchev–Trinajstić information content (AvgIpc) is 0.758. The van der Waals surface area contributed by atoms with E-state index in [1.54, 1.807) is 0 Å². The van der Waals surface area contributed by atoms with Crippen LogP contribution in [0.2, 0.25) is 0 Å². The Hall–Kier alpha value is 4.28. The van der Waals surface area contributed by atoms with E-state index in [1.165, 1.54) is 0 Å². The van der Waals surface area contributed by atoms with Crippen LogP contribution in [0, 0.1) is 0 Å². The molecule has 6 aliphatic rings. The molecule has 0 aromatic heterocycles. The van der Waals surface area contributed by atoms with Gasteiger partial charge in [-0.3, -0.25) is 39.5 Å². The molecule has 113 heavy (non-hydrogen) atoms. The van der Waals surface area contributed by atoms with Crippen molar-refractivity contribution in [3.63, 3.8) is 0 Å². The van der Waals surface area contributed by atoms with Crippen LogP contribution >= 0.6 is 0 Å². The first-order valence-corrected chi connectivity index (χ1v) is 36.3. The Bertz CT molecular complexity index is 3810. The number of hydrogen-bond acceptors (Lipinski definition) is 52. The number of aliphatic hydroxyl groups is 7. The first kappa shape index (κ1) is 124. The second kappa shape index (κ2) is 52.1. The summed E-state index contributed by atoms with van der Waals surface area (Å²) in [4.78, 5) is 76.6. The maximum absolute atomic E-state index is 13.2. The minimum Gasteiger partial charge on any atom is -0.726 e. The van der Waals surface area contributed by atoms with Crippen molar-refractivity contribution in [1.82, 2.24) is 16.0 Å². The van der Waals surface area contributed by atoms with Crippen molar-refractivity contribution >= 4 is 98.0 Å². The summed E-state index contributed by atoms with van der Waals surface area (Å²) in [5.41, 5.74) is 0. The van der Waals surface area contributed by atoms with Gasteiger partial charge in [-0.25, -0.2) is 50.5 Å². The fraction of sp³-hybridized carbons (Fsp3) is 0.860. The number of aliphatic hydroxyl groups excluding tert-OH is 7. The van der Waals surface area contributed by atoms with E-state index in [-0.39, 0.29) is 266 Å². The number of carbonyl (C=O) groups excluding carboxylic acids is 6. The molecule has 0 saturated carbocycles. The number of carbonyl (C=O) groups is 6. The van der Waals surface area contributed by atoms with Gasteiger partial charge in [0.2, 0.25) is 80.1 Å². The second-order valence-corrected chi connectivity index (χ2v) is 28.4. The molecule has 0 radical (unpaired) electrons. The number of ether oxygens (including phenoxy) is 12. The predicted octanol–water partition coefficient (Wildman–Crippen LogP) is -46.8. The van der Waals surface area contributed by atoms with Crippen LogP contribution in [-0.4, -0.2) is 360 Å². The van der Waals surface area contributed by atoms with Crippen molar-refractivity contribution < 1.29 is 506 Å². The van der Waals surface area contributed by atoms with E-state index in [0.29, 0.717) is 13.8 Å². The molecule has 0 unspecified atom stereocenters. The average molecular weight is 1850 g/mol. The minimum atomic E-state index is -6.53. The second-order valence-electron chi connectivity index (χ2n) is 22.2. The quantitative estimate of drug-likeness (QED) is 0.0170. The monoisotopic (exact) mass is 1850 g/mol. The van der Waals surface area contributed by atoms with Crippen molar-refractivity contribution in [2.75, 3.05) is 26.9 Å². The Balaban J connectivity index is -0.00000660. The summed E-state index contributed by atoms with van der Waals surface area (Å²) in [5, 5.41) is 124. The van der Waals surface area contributed by atoms with Crippen LogP contribution in [0.15, 0.2) is 0 Å². The normalized spacial score (nSPS) is 36.1. The summed E-state index contributed by atoms with van der Waals surface area (Å²) < 4.78 is 305. The number of carboxylic acid groups (broad SMARTS) is 3. The van der Waals surface area contributed by atoms with Crippen LogP contribution in [0.3, 0.4) is 0 Å². The molecule has 0 aromatic rings. The SMILES string of the molecule is CO[C@@H]1O[C@H](COS(=O)(=O)[O-])[C@H](O)[C@H](O[C@@H]2O[C@H](C(=O)[O-])[C@@H](O[C@@H]3O[C@H](COS(=O)(=O)[O-])[C@H](O)[C@H](O[C@@H]4O[C@H](C(=O)[O-])[C@@H](O[C@@H]5O[C@H](COS(=O)(=O)[O-])[C@H](O)[C@H](O[C@@H]6O[C@H](C(=O)[O-])[C@@H](O)[C@H](O)[C@H]6OS(=O)(=O)[O-])[C@H]5NC(C)=O)[C@H](O)[C@H]4OS(=O)(=O)[O-])[C@H]3NC(C)=O)[C@H](O)[C@H]2OS(=O)(=O)[O-])[C@H]1NC(C)=O.[Na+].[Na+].[Na+].[Na+].[Na+].[Na+].[Na+].[Na+].[Na+]. The van der Waals surface area contributed by atoms with E-state index < -0.39 is 302 Å². The van der Waals surface area contributed by atoms with Gasteiger partial charge in [0.25, 0.3) is 0 Å². The summed E-state index contributed by atoms with van der Waals surface area (Å²) in [6.07, 6.45) is -78.2. The molecule has 602 valence electrons. The van der Waals surface area contributed by atoms with Crippen molar-refractivity contribution in [2.24, 2.45) is 0 Å². The molecular weight excluding hydrogens is 1790 g/mol. The molecule has 6 rings (SSSR count). The van der Waals surface area contributed by atoms with Gasteiger partial charge in [0.05, 0.1) is 37.7 Å². The zero-order valence-corrected chi connectivity index (χ0v) is 83.8. The molecule has 10 N–H and O–H groups in total. The minimum absolute atomic E-state index is 0. The molecular formula is C43H58N3Na9O52S6. The van der Waals surface area contributed by atoms with E-state index in [9.17, 15) is 158 Å². The van der Waals surface area contributed by atoms with Gasteiger partial charge in [-0.2, -0.15) is 0 Å². The van der Waals surface area contributed by atoms with Crippen molar-refractivity contribution in [1.29, 1.82) is 0 Å². The first-order valence-electron chi connectivity index (χ1n) is 28.3. The molecule has 3 amide bonds. The summed E-state index contributed by atoms with van der Waals surface area (Å²) in [7, 11) is -35.8. The third kappa shape index (κ3) is 36.7. The van der Waals surface area contributed by atoms with Crippen LogP contribution in [0.5, 0.6) is 0 Å². The van der Waals surface area contributed by atoms with Gasteiger partial charge in [0.15, 0.2) is 56.1 Å². The Kier molecular flexibility index (Phi) is 56.9. The Morgan fingerprint density at radius 1 is 0.310 bits per heavy atom.